The molecule has 58 heavy (non-hydrogen) atoms. The summed E-state index contributed by atoms with van der Waals surface area (Å²) in [7, 11) is 0. The third-order valence-corrected chi connectivity index (χ3v) is 8.85. The third kappa shape index (κ3) is 12.9. The molecule has 2 amide bonds. The van der Waals surface area contributed by atoms with Crippen molar-refractivity contribution in [3.05, 3.63) is 165 Å². The Hall–Kier alpha value is -6.24. The Kier molecular flexibility index (Phi) is 14.3. The van der Waals surface area contributed by atoms with Crippen LogP contribution in [0.3, 0.4) is 0 Å². The van der Waals surface area contributed by atoms with Crippen molar-refractivity contribution in [3.63, 3.8) is 0 Å². The lowest BCUT2D eigenvalue weighted by atomic mass is 9.90. The summed E-state index contributed by atoms with van der Waals surface area (Å²) in [5, 5.41) is 29.3. The predicted octanol–water partition coefficient (Wildman–Crippen LogP) is 9.92. The number of benzene rings is 5. The molecule has 3 N–H and O–H groups in total. The molecule has 0 aliphatic rings. The highest BCUT2D eigenvalue weighted by Gasteiger charge is 2.25. The second-order valence-corrected chi connectivity index (χ2v) is 15.9. The fourth-order valence-electron chi connectivity index (χ4n) is 6.10. The molecule has 0 heterocycles. The first kappa shape index (κ1) is 42.9. The van der Waals surface area contributed by atoms with Gasteiger partial charge < -0.3 is 24.6 Å². The molecule has 0 bridgehead atoms. The molecule has 0 aliphatic carbocycles. The number of aliphatic hydroxyl groups is 1. The highest BCUT2D eigenvalue weighted by molar-refractivity contribution is 5.88. The average molecular weight is 789 g/mol. The van der Waals surface area contributed by atoms with Gasteiger partial charge in [-0.25, -0.2) is 9.59 Å². The van der Waals surface area contributed by atoms with Gasteiger partial charge >= 0.3 is 17.9 Å². The maximum atomic E-state index is 13.5. The summed E-state index contributed by atoms with van der Waals surface area (Å²) in [6.45, 7) is 11.8. The molecule has 12 heteroatoms. The van der Waals surface area contributed by atoms with Crippen molar-refractivity contribution in [1.29, 1.82) is 0 Å². The molecule has 0 aliphatic heterocycles. The van der Waals surface area contributed by atoms with Gasteiger partial charge in [0.2, 0.25) is 0 Å². The molecular formula is C46H52N4O8. The molecule has 12 nitrogen and oxygen atoms in total. The topological polar surface area (TPSA) is 152 Å². The van der Waals surface area contributed by atoms with Gasteiger partial charge in [-0.2, -0.15) is 0 Å². The zero-order valence-electron chi connectivity index (χ0n) is 33.8. The van der Waals surface area contributed by atoms with Crippen LogP contribution in [-0.2, 0) is 22.6 Å². The Morgan fingerprint density at radius 1 is 0.724 bits per heavy atom. The average Bonchev–Trinajstić information content (AvgIpc) is 3.17. The van der Waals surface area contributed by atoms with Crippen molar-refractivity contribution < 1.29 is 33.8 Å². The van der Waals surface area contributed by atoms with E-state index in [2.05, 4.69) is 10.6 Å². The van der Waals surface area contributed by atoms with Crippen LogP contribution in [0.2, 0.25) is 0 Å². The number of nitrogens with zero attached hydrogens (tertiary/aromatic N) is 2. The maximum absolute atomic E-state index is 13.5. The van der Waals surface area contributed by atoms with Gasteiger partial charge in [-0.05, 0) is 99.7 Å². The van der Waals surface area contributed by atoms with E-state index in [4.69, 9.17) is 14.2 Å². The molecule has 0 fully saturated rings. The van der Waals surface area contributed by atoms with E-state index in [1.165, 1.54) is 12.1 Å². The molecule has 1 unspecified atom stereocenters. The Morgan fingerprint density at radius 3 is 1.84 bits per heavy atom. The summed E-state index contributed by atoms with van der Waals surface area (Å²) in [6.07, 6.45) is -2.10. The molecular weight excluding hydrogens is 737 g/mol. The second-order valence-electron chi connectivity index (χ2n) is 15.9. The zero-order valence-corrected chi connectivity index (χ0v) is 33.8. The van der Waals surface area contributed by atoms with Gasteiger partial charge in [0.1, 0.15) is 17.8 Å². The van der Waals surface area contributed by atoms with E-state index in [9.17, 15) is 24.8 Å². The largest absolute Gasteiger partial charge is 0.482 e. The molecule has 5 rings (SSSR count). The van der Waals surface area contributed by atoms with E-state index in [0.29, 0.717) is 30.0 Å². The van der Waals surface area contributed by atoms with E-state index in [1.807, 2.05) is 118 Å². The fraction of sp³-hybridized carbons (Fsp3) is 0.304. The van der Waals surface area contributed by atoms with E-state index in [0.717, 1.165) is 22.3 Å². The molecule has 5 aromatic rings. The van der Waals surface area contributed by atoms with Gasteiger partial charge in [0, 0.05) is 36.4 Å². The first-order valence-electron chi connectivity index (χ1n) is 19.1. The Bertz CT molecular complexity index is 2110. The van der Waals surface area contributed by atoms with Crippen LogP contribution in [0.4, 0.5) is 26.7 Å². The van der Waals surface area contributed by atoms with Crippen molar-refractivity contribution in [2.24, 2.45) is 0 Å². The van der Waals surface area contributed by atoms with E-state index < -0.39 is 34.4 Å². The molecule has 0 spiro atoms. The number of hydrogen-bond acceptors (Lipinski definition) is 9. The van der Waals surface area contributed by atoms with Crippen molar-refractivity contribution in [1.82, 2.24) is 5.32 Å². The lowest BCUT2D eigenvalue weighted by molar-refractivity contribution is -0.386. The lowest BCUT2D eigenvalue weighted by Crippen LogP contribution is -2.36. The second kappa shape index (κ2) is 19.3. The lowest BCUT2D eigenvalue weighted by Gasteiger charge is -2.28. The molecule has 304 valence electrons. The number of anilines is 2. The van der Waals surface area contributed by atoms with Crippen molar-refractivity contribution >= 4 is 29.2 Å². The number of carbonyl (C=O) groups excluding carboxylic acids is 2. The molecule has 0 saturated carbocycles. The number of nitrogens with one attached hydrogen (secondary N) is 2. The summed E-state index contributed by atoms with van der Waals surface area (Å²) in [6, 6.07) is 38.6. The van der Waals surface area contributed by atoms with Gasteiger partial charge in [-0.15, -0.1) is 0 Å². The third-order valence-electron chi connectivity index (χ3n) is 8.85. The number of rotatable bonds is 15. The summed E-state index contributed by atoms with van der Waals surface area (Å²) in [4.78, 5) is 39.0. The van der Waals surface area contributed by atoms with Crippen molar-refractivity contribution in [3.8, 4) is 5.75 Å². The number of nitro groups is 1. The minimum Gasteiger partial charge on any atom is -0.482 e. The summed E-state index contributed by atoms with van der Waals surface area (Å²) in [5.74, 6) is -0.135. The molecule has 0 aromatic heterocycles. The van der Waals surface area contributed by atoms with Gasteiger partial charge in [0.25, 0.3) is 0 Å². The normalized spacial score (nSPS) is 12.5. The van der Waals surface area contributed by atoms with Crippen LogP contribution in [0.1, 0.15) is 81.4 Å². The molecule has 2 atom stereocenters. The van der Waals surface area contributed by atoms with Crippen LogP contribution in [-0.4, -0.2) is 46.5 Å². The van der Waals surface area contributed by atoms with Crippen LogP contribution < -0.4 is 20.3 Å². The van der Waals surface area contributed by atoms with E-state index in [-0.39, 0.29) is 30.5 Å². The van der Waals surface area contributed by atoms with Crippen LogP contribution in [0.15, 0.2) is 127 Å². The summed E-state index contributed by atoms with van der Waals surface area (Å²) < 4.78 is 17.0. The molecule has 0 radical (unpaired) electrons. The summed E-state index contributed by atoms with van der Waals surface area (Å²) in [5.41, 5.74) is 3.63. The summed E-state index contributed by atoms with van der Waals surface area (Å²) >= 11 is 0. The minimum atomic E-state index is -1.06. The van der Waals surface area contributed by atoms with Crippen molar-refractivity contribution in [2.45, 2.75) is 77.9 Å². The first-order valence-corrected chi connectivity index (χ1v) is 19.1. The Morgan fingerprint density at radius 2 is 1.28 bits per heavy atom. The van der Waals surface area contributed by atoms with Crippen LogP contribution in [0.25, 0.3) is 0 Å². The Balaban J connectivity index is 1.36. The number of nitro benzene ring substituents is 1. The minimum absolute atomic E-state index is 0.0950. The first-order chi connectivity index (χ1) is 27.5. The monoisotopic (exact) mass is 788 g/mol. The van der Waals surface area contributed by atoms with E-state index in [1.54, 1.807) is 43.9 Å². The number of carbonyl (C=O) groups is 2. The number of hydrogen-bond donors (Lipinski definition) is 3. The standard InChI is InChI=1S/C46H52N4O8/c1-45(2,3)57-43(52)48-37-22-17-34(18-23-37)39(35-19-24-38(25-20-35)49(44(53)58-46(4,5)6)30-32-13-9-7-10-14-32)28-47-29-41(51)36-21-26-42(40(27-36)50(54)55)56-31-33-15-11-8-12-16-33/h7-27,39,41,47,51H,28-31H2,1-6H3,(H,48,52)/t39?,41-/m0/s1. The van der Waals surface area contributed by atoms with Crippen LogP contribution >= 0.6 is 0 Å². The van der Waals surface area contributed by atoms with Crippen LogP contribution in [0.5, 0.6) is 5.75 Å². The smallest absolute Gasteiger partial charge is 0.415 e. The highest BCUT2D eigenvalue weighted by Crippen LogP contribution is 2.32. The number of aliphatic hydroxyl groups excluding tert-OH is 1. The van der Waals surface area contributed by atoms with Gasteiger partial charge in [0.15, 0.2) is 5.75 Å². The quantitative estimate of drug-likeness (QED) is 0.0695. The maximum Gasteiger partial charge on any atom is 0.415 e. The van der Waals surface area contributed by atoms with Gasteiger partial charge in [-0.3, -0.25) is 20.3 Å². The number of ether oxygens (including phenoxy) is 3. The SMILES string of the molecule is CC(C)(C)OC(=O)Nc1ccc(C(CNC[C@H](O)c2ccc(OCc3ccccc3)c([N+](=O)[O-])c2)c2ccc(N(Cc3ccccc3)C(=O)OC(C)(C)C)cc2)cc1. The van der Waals surface area contributed by atoms with Crippen molar-refractivity contribution in [2.75, 3.05) is 23.3 Å². The van der Waals surface area contributed by atoms with E-state index >= 15 is 0 Å². The molecule has 0 saturated heterocycles. The van der Waals surface area contributed by atoms with Crippen LogP contribution in [0, 0.1) is 10.1 Å². The number of amides is 2. The Labute approximate surface area is 339 Å². The predicted molar refractivity (Wildman–Crippen MR) is 225 cm³/mol. The fourth-order valence-corrected chi connectivity index (χ4v) is 6.10. The van der Waals surface area contributed by atoms with Gasteiger partial charge in [-0.1, -0.05) is 91.0 Å². The van der Waals surface area contributed by atoms with Gasteiger partial charge in [0.05, 0.1) is 17.6 Å². The highest BCUT2D eigenvalue weighted by atomic mass is 16.6. The molecule has 5 aromatic carbocycles. The zero-order chi connectivity index (χ0) is 41.9.